The lowest BCUT2D eigenvalue weighted by molar-refractivity contribution is -0.145. The molecule has 1 unspecified atom stereocenters. The second-order valence-corrected chi connectivity index (χ2v) is 12.1. The Morgan fingerprint density at radius 3 is 2.28 bits per heavy atom. The number of nitrogen functional groups attached to an aromatic ring is 1. The zero-order valence-electron chi connectivity index (χ0n) is 26.7. The van der Waals surface area contributed by atoms with Crippen LogP contribution >= 0.6 is 0 Å². The lowest BCUT2D eigenvalue weighted by Crippen LogP contribution is -2.39. The molecule has 8 heteroatoms. The van der Waals surface area contributed by atoms with Gasteiger partial charge in [-0.3, -0.25) is 19.2 Å². The van der Waals surface area contributed by atoms with E-state index in [4.69, 9.17) is 15.2 Å². The van der Waals surface area contributed by atoms with Gasteiger partial charge in [0.05, 0.1) is 23.7 Å². The number of amides is 1. The molecule has 1 heterocycles. The van der Waals surface area contributed by atoms with Gasteiger partial charge in [0.1, 0.15) is 18.0 Å². The van der Waals surface area contributed by atoms with Crippen LogP contribution in [0.4, 0.5) is 5.69 Å². The fourth-order valence-corrected chi connectivity index (χ4v) is 5.16. The molecule has 43 heavy (non-hydrogen) atoms. The number of carbonyl (C=O) groups excluding carboxylic acids is 4. The van der Waals surface area contributed by atoms with Crippen molar-refractivity contribution in [1.82, 2.24) is 5.32 Å². The maximum Gasteiger partial charge on any atom is 0.305 e. The minimum atomic E-state index is -0.708. The maximum atomic E-state index is 13.1. The van der Waals surface area contributed by atoms with E-state index < -0.39 is 11.6 Å². The van der Waals surface area contributed by atoms with Crippen molar-refractivity contribution in [2.75, 3.05) is 12.3 Å². The number of anilines is 1. The number of fused-ring (bicyclic) bond motifs is 1. The average molecular weight is 597 g/mol. The second-order valence-electron chi connectivity index (χ2n) is 12.1. The van der Waals surface area contributed by atoms with Gasteiger partial charge in [0.25, 0.3) is 0 Å². The molecule has 0 bridgehead atoms. The van der Waals surface area contributed by atoms with Crippen molar-refractivity contribution in [1.29, 1.82) is 0 Å². The number of Topliss-reactive ketones (excluding diaryl/α,β-unsaturated/α-hetero) is 2. The topological polar surface area (TPSA) is 125 Å². The van der Waals surface area contributed by atoms with Crippen LogP contribution in [0, 0.1) is 0 Å². The third-order valence-corrected chi connectivity index (χ3v) is 7.40. The van der Waals surface area contributed by atoms with E-state index in [1.807, 2.05) is 13.8 Å². The average Bonchev–Trinajstić information content (AvgIpc) is 2.92. The Labute approximate surface area is 257 Å². The highest BCUT2D eigenvalue weighted by atomic mass is 16.5. The molecule has 238 valence electrons. The van der Waals surface area contributed by atoms with Gasteiger partial charge in [-0.15, -0.1) is 0 Å². The first-order valence-corrected chi connectivity index (χ1v) is 16.0. The van der Waals surface area contributed by atoms with E-state index in [-0.39, 0.29) is 59.7 Å². The van der Waals surface area contributed by atoms with Crippen LogP contribution < -0.4 is 15.8 Å². The number of allylic oxidation sites excluding steroid dienone is 4. The van der Waals surface area contributed by atoms with E-state index in [0.717, 1.165) is 38.5 Å². The fraction of sp³-hybridized carbons (Fsp3) is 0.600. The van der Waals surface area contributed by atoms with Crippen LogP contribution in [0.5, 0.6) is 5.75 Å². The third kappa shape index (κ3) is 13.6. The fourth-order valence-electron chi connectivity index (χ4n) is 5.16. The van der Waals surface area contributed by atoms with Gasteiger partial charge in [-0.05, 0) is 58.1 Å². The Bertz CT molecular complexity index is 1140. The normalized spacial score (nSPS) is 14.8. The van der Waals surface area contributed by atoms with Crippen LogP contribution in [-0.2, 0) is 14.3 Å². The first-order valence-electron chi connectivity index (χ1n) is 16.0. The third-order valence-electron chi connectivity index (χ3n) is 7.40. The van der Waals surface area contributed by atoms with Crippen molar-refractivity contribution < 1.29 is 28.7 Å². The van der Waals surface area contributed by atoms with Gasteiger partial charge in [0.2, 0.25) is 5.91 Å². The minimum absolute atomic E-state index is 0.0726. The summed E-state index contributed by atoms with van der Waals surface area (Å²) in [5.41, 5.74) is 6.05. The van der Waals surface area contributed by atoms with E-state index in [2.05, 4.69) is 36.5 Å². The largest absolute Gasteiger partial charge is 0.487 e. The Balaban J connectivity index is 1.69. The molecule has 1 aliphatic rings. The predicted octanol–water partition coefficient (Wildman–Crippen LogP) is 7.45. The molecule has 0 spiro atoms. The monoisotopic (exact) mass is 596 g/mol. The molecular formula is C35H52N2O6. The molecule has 1 aliphatic heterocycles. The highest BCUT2D eigenvalue weighted by Crippen LogP contribution is 2.38. The summed E-state index contributed by atoms with van der Waals surface area (Å²) in [4.78, 5) is 49.9. The first-order chi connectivity index (χ1) is 20.5. The Morgan fingerprint density at radius 2 is 1.63 bits per heavy atom. The molecule has 2 rings (SSSR count). The molecule has 1 amide bonds. The van der Waals surface area contributed by atoms with Gasteiger partial charge in [-0.2, -0.15) is 0 Å². The molecule has 3 N–H and O–H groups in total. The Morgan fingerprint density at radius 1 is 1.00 bits per heavy atom. The number of esters is 1. The Hall–Kier alpha value is -3.42. The number of hydrogen-bond donors (Lipinski definition) is 2. The van der Waals surface area contributed by atoms with Gasteiger partial charge in [-0.25, -0.2) is 0 Å². The van der Waals surface area contributed by atoms with E-state index >= 15 is 0 Å². The molecule has 0 fully saturated rings. The number of unbranched alkanes of at least 4 members (excludes halogenated alkanes) is 9. The summed E-state index contributed by atoms with van der Waals surface area (Å²) in [7, 11) is 0. The summed E-state index contributed by atoms with van der Waals surface area (Å²) in [6.45, 7) is 7.08. The number of hydrogen-bond acceptors (Lipinski definition) is 7. The molecular weight excluding hydrogens is 544 g/mol. The van der Waals surface area contributed by atoms with E-state index in [1.165, 1.54) is 45.1 Å². The number of benzene rings is 1. The number of nitrogens with one attached hydrogen (secondary N) is 1. The van der Waals surface area contributed by atoms with Crippen LogP contribution in [0.15, 0.2) is 36.4 Å². The minimum Gasteiger partial charge on any atom is -0.487 e. The van der Waals surface area contributed by atoms with Crippen molar-refractivity contribution in [3.05, 3.63) is 47.6 Å². The summed E-state index contributed by atoms with van der Waals surface area (Å²) in [6.07, 6.45) is 21.4. The highest BCUT2D eigenvalue weighted by molar-refractivity contribution is 6.11. The lowest BCUT2D eigenvalue weighted by Gasteiger charge is -2.32. The van der Waals surface area contributed by atoms with E-state index in [1.54, 1.807) is 6.07 Å². The number of nitrogens with two attached hydrogens (primary N) is 1. The molecule has 8 nitrogen and oxygen atoms in total. The highest BCUT2D eigenvalue weighted by Gasteiger charge is 2.35. The number of carbonyl (C=O) groups is 4. The van der Waals surface area contributed by atoms with Gasteiger partial charge in [0.15, 0.2) is 11.6 Å². The summed E-state index contributed by atoms with van der Waals surface area (Å²) in [6, 6.07) is 2.41. The zero-order chi connectivity index (χ0) is 31.7. The van der Waals surface area contributed by atoms with Crippen molar-refractivity contribution in [3.63, 3.8) is 0 Å². The SMILES string of the molecule is CCCCCC=CC=CCCCCCCCCC(=O)OCC(CC(=O)c1ccc2c(c1N)C(=O)CC(C)(C)O2)NC(C)=O. The molecule has 1 aromatic rings. The molecule has 0 aliphatic carbocycles. The van der Waals surface area contributed by atoms with Gasteiger partial charge in [-0.1, -0.05) is 69.8 Å². The predicted molar refractivity (Wildman–Crippen MR) is 171 cm³/mol. The van der Waals surface area contributed by atoms with Gasteiger partial charge >= 0.3 is 5.97 Å². The van der Waals surface area contributed by atoms with Crippen LogP contribution in [0.2, 0.25) is 0 Å². The molecule has 0 saturated heterocycles. The van der Waals surface area contributed by atoms with E-state index in [0.29, 0.717) is 12.2 Å². The number of ketones is 2. The standard InChI is InChI=1S/C35H52N2O6/c1-5-6-7-8-9-10-11-12-13-14-15-16-17-18-19-20-32(41)42-25-27(37-26(2)38)23-29(39)28-21-22-31-33(34(28)36)30(40)24-35(3,4)43-31/h9-12,21-22,27H,5-8,13-20,23-25,36H2,1-4H3,(H,37,38). The van der Waals surface area contributed by atoms with Crippen LogP contribution in [-0.4, -0.2) is 41.7 Å². The molecule has 0 aromatic heterocycles. The van der Waals surface area contributed by atoms with Gasteiger partial charge in [0, 0.05) is 25.3 Å². The van der Waals surface area contributed by atoms with Crippen LogP contribution in [0.25, 0.3) is 0 Å². The molecule has 0 saturated carbocycles. The molecule has 0 radical (unpaired) electrons. The van der Waals surface area contributed by atoms with Crippen molar-refractivity contribution in [2.24, 2.45) is 0 Å². The van der Waals surface area contributed by atoms with Crippen LogP contribution in [0.3, 0.4) is 0 Å². The molecule has 1 aromatic carbocycles. The second kappa shape index (κ2) is 19.0. The summed E-state index contributed by atoms with van der Waals surface area (Å²) in [5.74, 6) is -0.875. The first kappa shape index (κ1) is 35.8. The Kier molecular flexibility index (Phi) is 15.8. The van der Waals surface area contributed by atoms with Gasteiger partial charge < -0.3 is 20.5 Å². The van der Waals surface area contributed by atoms with Crippen LogP contribution in [0.1, 0.15) is 138 Å². The summed E-state index contributed by atoms with van der Waals surface area (Å²) < 4.78 is 11.3. The smallest absolute Gasteiger partial charge is 0.305 e. The number of ether oxygens (including phenoxy) is 2. The quantitative estimate of drug-likeness (QED) is 0.0527. The van der Waals surface area contributed by atoms with Crippen molar-refractivity contribution in [2.45, 2.75) is 129 Å². The van der Waals surface area contributed by atoms with E-state index in [9.17, 15) is 19.2 Å². The summed E-state index contributed by atoms with van der Waals surface area (Å²) >= 11 is 0. The number of rotatable bonds is 20. The van der Waals surface area contributed by atoms with Crippen molar-refractivity contribution >= 4 is 29.1 Å². The zero-order valence-corrected chi connectivity index (χ0v) is 26.7. The summed E-state index contributed by atoms with van der Waals surface area (Å²) in [5, 5.41) is 2.68. The molecule has 1 atom stereocenters. The lowest BCUT2D eigenvalue weighted by atomic mass is 9.89. The van der Waals surface area contributed by atoms with Crippen molar-refractivity contribution in [3.8, 4) is 5.75 Å². The maximum absolute atomic E-state index is 13.1.